The zero-order chi connectivity index (χ0) is 26.4. The highest BCUT2D eigenvalue weighted by Crippen LogP contribution is 2.32. The maximum atomic E-state index is 13.2. The highest BCUT2D eigenvalue weighted by Gasteiger charge is 2.33. The van der Waals surface area contributed by atoms with Crippen molar-refractivity contribution in [1.82, 2.24) is 20.0 Å². The first-order valence-corrected chi connectivity index (χ1v) is 13.3. The Kier molecular flexibility index (Phi) is 8.84. The van der Waals surface area contributed by atoms with Gasteiger partial charge in [0.1, 0.15) is 0 Å². The number of ether oxygens (including phenoxy) is 2. The second kappa shape index (κ2) is 12.3. The molecule has 4 rings (SSSR count). The Bertz CT molecular complexity index is 1070. The smallest absolute Gasteiger partial charge is 0.242 e. The van der Waals surface area contributed by atoms with Gasteiger partial charge in [0.05, 0.1) is 26.5 Å². The van der Waals surface area contributed by atoms with Crippen LogP contribution in [-0.4, -0.2) is 84.8 Å². The van der Waals surface area contributed by atoms with Crippen LogP contribution in [-0.2, 0) is 9.59 Å². The Labute approximate surface area is 219 Å². The summed E-state index contributed by atoms with van der Waals surface area (Å²) < 4.78 is 10.7. The van der Waals surface area contributed by atoms with Crippen molar-refractivity contribution < 1.29 is 19.1 Å². The zero-order valence-electron chi connectivity index (χ0n) is 22.5. The number of rotatable bonds is 9. The van der Waals surface area contributed by atoms with Gasteiger partial charge in [0.15, 0.2) is 17.3 Å². The Balaban J connectivity index is 1.37. The van der Waals surface area contributed by atoms with E-state index in [0.29, 0.717) is 31.1 Å². The van der Waals surface area contributed by atoms with Gasteiger partial charge in [0, 0.05) is 43.7 Å². The van der Waals surface area contributed by atoms with Crippen LogP contribution in [0.25, 0.3) is 11.3 Å². The number of aromatic nitrogens is 2. The van der Waals surface area contributed by atoms with Gasteiger partial charge in [0.2, 0.25) is 11.8 Å². The minimum absolute atomic E-state index is 0.0321. The molecule has 1 aliphatic carbocycles. The first-order valence-electron chi connectivity index (χ1n) is 13.3. The Morgan fingerprint density at radius 2 is 1.78 bits per heavy atom. The fourth-order valence-electron chi connectivity index (χ4n) is 4.85. The van der Waals surface area contributed by atoms with Crippen molar-refractivity contribution in [3.63, 3.8) is 0 Å². The third-order valence-corrected chi connectivity index (χ3v) is 7.67. The number of benzene rings is 1. The summed E-state index contributed by atoms with van der Waals surface area (Å²) in [6, 6.07) is 9.66. The average molecular weight is 510 g/mol. The molecule has 200 valence electrons. The summed E-state index contributed by atoms with van der Waals surface area (Å²) in [6.45, 7) is 7.03. The molecule has 37 heavy (non-hydrogen) atoms. The summed E-state index contributed by atoms with van der Waals surface area (Å²) in [6.07, 6.45) is 4.69. The van der Waals surface area contributed by atoms with Crippen LogP contribution in [0.3, 0.4) is 0 Å². The van der Waals surface area contributed by atoms with Gasteiger partial charge in [-0.25, -0.2) is 0 Å². The molecule has 1 aromatic carbocycles. The van der Waals surface area contributed by atoms with E-state index in [2.05, 4.69) is 22.0 Å². The molecule has 2 heterocycles. The van der Waals surface area contributed by atoms with Gasteiger partial charge >= 0.3 is 0 Å². The van der Waals surface area contributed by atoms with Gasteiger partial charge in [0.25, 0.3) is 0 Å². The molecule has 1 saturated heterocycles. The van der Waals surface area contributed by atoms with E-state index in [9.17, 15) is 9.59 Å². The second-order valence-corrected chi connectivity index (χ2v) is 9.92. The van der Waals surface area contributed by atoms with E-state index in [1.54, 1.807) is 14.2 Å². The number of carbonyl (C=O) groups excluding carboxylic acids is 2. The molecule has 2 aromatic rings. The van der Waals surface area contributed by atoms with Crippen molar-refractivity contribution >= 4 is 17.6 Å². The van der Waals surface area contributed by atoms with Crippen molar-refractivity contribution in [3.8, 4) is 22.8 Å². The highest BCUT2D eigenvalue weighted by atomic mass is 16.5. The minimum atomic E-state index is 0.0321. The molecule has 1 aliphatic heterocycles. The fourth-order valence-corrected chi connectivity index (χ4v) is 4.85. The lowest BCUT2D eigenvalue weighted by molar-refractivity contribution is -0.146. The SMILES string of the molecule is CCC(C)N(CC(=O)N1CCCN(c2ccc(-c3ccc(OC)c(OC)c3)nn2)CC1)C(=O)C1CCC1. The number of hydrogen-bond acceptors (Lipinski definition) is 7. The maximum absolute atomic E-state index is 13.2. The highest BCUT2D eigenvalue weighted by molar-refractivity contribution is 5.86. The van der Waals surface area contributed by atoms with Gasteiger partial charge in [-0.15, -0.1) is 10.2 Å². The minimum Gasteiger partial charge on any atom is -0.493 e. The number of nitrogens with zero attached hydrogens (tertiary/aromatic N) is 5. The van der Waals surface area contributed by atoms with Crippen LogP contribution in [0.1, 0.15) is 46.0 Å². The van der Waals surface area contributed by atoms with Gasteiger partial charge < -0.3 is 24.2 Å². The van der Waals surface area contributed by atoms with Crippen molar-refractivity contribution in [3.05, 3.63) is 30.3 Å². The molecular weight excluding hydrogens is 470 g/mol. The van der Waals surface area contributed by atoms with Crippen LogP contribution in [0.5, 0.6) is 11.5 Å². The molecule has 0 N–H and O–H groups in total. The Morgan fingerprint density at radius 1 is 1.00 bits per heavy atom. The molecule has 2 aliphatic rings. The quantitative estimate of drug-likeness (QED) is 0.510. The third-order valence-electron chi connectivity index (χ3n) is 7.67. The van der Waals surface area contributed by atoms with Crippen LogP contribution in [0, 0.1) is 5.92 Å². The van der Waals surface area contributed by atoms with Gasteiger partial charge in [-0.3, -0.25) is 9.59 Å². The number of hydrogen-bond donors (Lipinski definition) is 0. The van der Waals surface area contributed by atoms with Crippen molar-refractivity contribution in [2.24, 2.45) is 5.92 Å². The van der Waals surface area contributed by atoms with Crippen molar-refractivity contribution in [2.45, 2.75) is 52.0 Å². The molecule has 0 spiro atoms. The number of methoxy groups -OCH3 is 2. The van der Waals surface area contributed by atoms with Gasteiger partial charge in [-0.05, 0) is 62.9 Å². The van der Waals surface area contributed by atoms with Crippen LogP contribution in [0.15, 0.2) is 30.3 Å². The zero-order valence-corrected chi connectivity index (χ0v) is 22.5. The summed E-state index contributed by atoms with van der Waals surface area (Å²) in [5, 5.41) is 8.92. The lowest BCUT2D eigenvalue weighted by Gasteiger charge is -2.36. The topological polar surface area (TPSA) is 88.1 Å². The van der Waals surface area contributed by atoms with E-state index >= 15 is 0 Å². The van der Waals surface area contributed by atoms with E-state index in [1.165, 1.54) is 0 Å². The summed E-state index contributed by atoms with van der Waals surface area (Å²) in [7, 11) is 3.22. The summed E-state index contributed by atoms with van der Waals surface area (Å²) in [5.74, 6) is 2.38. The molecule has 1 atom stereocenters. The molecule has 1 saturated carbocycles. The molecule has 2 fully saturated rings. The van der Waals surface area contributed by atoms with Crippen LogP contribution in [0.4, 0.5) is 5.82 Å². The molecule has 2 amide bonds. The van der Waals surface area contributed by atoms with E-state index in [1.807, 2.05) is 47.1 Å². The fraction of sp³-hybridized carbons (Fsp3) is 0.571. The monoisotopic (exact) mass is 509 g/mol. The van der Waals surface area contributed by atoms with Crippen LogP contribution >= 0.6 is 0 Å². The van der Waals surface area contributed by atoms with E-state index in [4.69, 9.17) is 9.47 Å². The van der Waals surface area contributed by atoms with E-state index < -0.39 is 0 Å². The third kappa shape index (κ3) is 6.14. The molecule has 0 radical (unpaired) electrons. The molecule has 9 heteroatoms. The first kappa shape index (κ1) is 26.7. The van der Waals surface area contributed by atoms with Crippen molar-refractivity contribution in [2.75, 3.05) is 51.8 Å². The maximum Gasteiger partial charge on any atom is 0.242 e. The molecule has 1 aromatic heterocycles. The summed E-state index contributed by atoms with van der Waals surface area (Å²) >= 11 is 0. The van der Waals surface area contributed by atoms with Crippen LogP contribution in [0.2, 0.25) is 0 Å². The van der Waals surface area contributed by atoms with E-state index in [-0.39, 0.29) is 30.3 Å². The predicted molar refractivity (Wildman–Crippen MR) is 143 cm³/mol. The lowest BCUT2D eigenvalue weighted by atomic mass is 9.84. The second-order valence-electron chi connectivity index (χ2n) is 9.92. The Hall–Kier alpha value is -3.36. The standard InChI is InChI=1S/C28H39N5O4/c1-5-20(2)33(28(35)21-8-6-9-21)19-27(34)32-15-7-14-31(16-17-32)26-13-11-23(29-30-26)22-10-12-24(36-3)25(18-22)37-4/h10-13,18,20-21H,5-9,14-17,19H2,1-4H3. The van der Waals surface area contributed by atoms with Gasteiger partial charge in [-0.2, -0.15) is 0 Å². The average Bonchev–Trinajstić information content (AvgIpc) is 3.16. The summed E-state index contributed by atoms with van der Waals surface area (Å²) in [5.41, 5.74) is 1.64. The molecule has 0 bridgehead atoms. The number of anilines is 1. The molecule has 9 nitrogen and oxygen atoms in total. The van der Waals surface area contributed by atoms with E-state index in [0.717, 1.165) is 55.7 Å². The van der Waals surface area contributed by atoms with Crippen LogP contribution < -0.4 is 14.4 Å². The molecular formula is C28H39N5O4. The Morgan fingerprint density at radius 3 is 2.41 bits per heavy atom. The lowest BCUT2D eigenvalue weighted by Crippen LogP contribution is -2.50. The largest absolute Gasteiger partial charge is 0.493 e. The first-order chi connectivity index (χ1) is 17.9. The molecule has 1 unspecified atom stereocenters. The normalized spacial score (nSPS) is 17.0. The predicted octanol–water partition coefficient (Wildman–Crippen LogP) is 3.63. The van der Waals surface area contributed by atoms with Gasteiger partial charge in [-0.1, -0.05) is 13.3 Å². The number of amides is 2. The summed E-state index contributed by atoms with van der Waals surface area (Å²) in [4.78, 5) is 32.1. The number of carbonyl (C=O) groups is 2. The van der Waals surface area contributed by atoms with Crippen molar-refractivity contribution in [1.29, 1.82) is 0 Å².